The van der Waals surface area contributed by atoms with E-state index >= 15 is 0 Å². The van der Waals surface area contributed by atoms with Gasteiger partial charge in [0.25, 0.3) is 0 Å². The average molecular weight is 354 g/mol. The van der Waals surface area contributed by atoms with Crippen LogP contribution in [-0.2, 0) is 4.79 Å². The maximum atomic E-state index is 11.8. The van der Waals surface area contributed by atoms with Crippen LogP contribution in [0.2, 0.25) is 0 Å². The van der Waals surface area contributed by atoms with Gasteiger partial charge in [0.1, 0.15) is 11.0 Å². The molecule has 1 aromatic heterocycles. The van der Waals surface area contributed by atoms with E-state index in [0.717, 1.165) is 60.2 Å². The smallest absolute Gasteiger partial charge is 0.166 e. The van der Waals surface area contributed by atoms with Crippen LogP contribution in [0.25, 0.3) is 11.0 Å². The first kappa shape index (κ1) is 18.3. The minimum absolute atomic E-state index is 0.00242. The summed E-state index contributed by atoms with van der Waals surface area (Å²) in [6.45, 7) is 11.3. The van der Waals surface area contributed by atoms with Crippen molar-refractivity contribution in [3.8, 4) is 0 Å². The molecule has 3 rings (SSSR count). The highest BCUT2D eigenvalue weighted by molar-refractivity contribution is 5.81. The molecule has 1 aliphatic heterocycles. The number of aromatic nitrogens is 2. The molecule has 1 aliphatic rings. The first-order valence-electron chi connectivity index (χ1n) is 9.16. The first-order valence-corrected chi connectivity index (χ1v) is 9.16. The van der Waals surface area contributed by atoms with Crippen LogP contribution in [0.1, 0.15) is 45.6 Å². The van der Waals surface area contributed by atoms with Crippen LogP contribution < -0.4 is 5.32 Å². The van der Waals surface area contributed by atoms with E-state index < -0.39 is 0 Å². The van der Waals surface area contributed by atoms with Crippen LogP contribution in [0, 0.1) is 0 Å². The summed E-state index contributed by atoms with van der Waals surface area (Å²) in [5.74, 6) is 0.00242. The van der Waals surface area contributed by atoms with E-state index in [2.05, 4.69) is 47.4 Å². The minimum Gasteiger partial charge on any atom is -0.357 e. The largest absolute Gasteiger partial charge is 0.357 e. The van der Waals surface area contributed by atoms with Crippen LogP contribution >= 0.6 is 0 Å². The number of benzene rings is 1. The fourth-order valence-electron chi connectivity index (χ4n) is 3.70. The fourth-order valence-corrected chi connectivity index (χ4v) is 3.70. The Kier molecular flexibility index (Phi) is 5.52. The maximum absolute atomic E-state index is 11.8. The number of fused-ring (bicyclic) bond motifs is 1. The Morgan fingerprint density at radius 2 is 2.00 bits per heavy atom. The molecule has 1 atom stereocenters. The molecule has 0 radical (unpaired) electrons. The van der Waals surface area contributed by atoms with Crippen LogP contribution in [0.3, 0.4) is 0 Å². The first-order chi connectivity index (χ1) is 12.6. The number of hydrogen-bond donors (Lipinski definition) is 1. The molecule has 0 fully saturated rings. The third-order valence-corrected chi connectivity index (χ3v) is 5.38. The summed E-state index contributed by atoms with van der Waals surface area (Å²) in [7, 11) is 0. The molecular formula is C20H26N4O2. The number of nitrogens with zero attached hydrogens (tertiary/aromatic N) is 3. The molecule has 1 unspecified atom stereocenters. The zero-order valence-electron chi connectivity index (χ0n) is 15.9. The quantitative estimate of drug-likeness (QED) is 0.769. The molecule has 2 heterocycles. The normalized spacial score (nSPS) is 18.0. The molecule has 0 aliphatic carbocycles. The van der Waals surface area contributed by atoms with E-state index in [0.29, 0.717) is 5.70 Å². The molecule has 0 saturated heterocycles. The van der Waals surface area contributed by atoms with E-state index in [-0.39, 0.29) is 5.92 Å². The highest BCUT2D eigenvalue weighted by atomic mass is 16.6. The van der Waals surface area contributed by atoms with Crippen LogP contribution in [0.5, 0.6) is 0 Å². The van der Waals surface area contributed by atoms with Crippen molar-refractivity contribution in [1.82, 2.24) is 20.5 Å². The second kappa shape index (κ2) is 7.83. The minimum atomic E-state index is 0.00242. The monoisotopic (exact) mass is 354 g/mol. The summed E-state index contributed by atoms with van der Waals surface area (Å²) >= 11 is 0. The van der Waals surface area contributed by atoms with Gasteiger partial charge < -0.3 is 10.2 Å². The second-order valence-electron chi connectivity index (χ2n) is 6.68. The molecule has 1 aromatic carbocycles. The Balaban J connectivity index is 2.07. The maximum Gasteiger partial charge on any atom is 0.166 e. The lowest BCUT2D eigenvalue weighted by atomic mass is 9.79. The van der Waals surface area contributed by atoms with Crippen molar-refractivity contribution in [1.29, 1.82) is 0 Å². The summed E-state index contributed by atoms with van der Waals surface area (Å²) in [6.07, 6.45) is 1.75. The number of hydrogen-bond acceptors (Lipinski definition) is 6. The van der Waals surface area contributed by atoms with E-state index in [4.69, 9.17) is 4.63 Å². The van der Waals surface area contributed by atoms with Crippen molar-refractivity contribution < 1.29 is 9.42 Å². The van der Waals surface area contributed by atoms with E-state index in [1.807, 2.05) is 19.1 Å². The average Bonchev–Trinajstić information content (AvgIpc) is 3.14. The molecule has 1 N–H and O–H groups in total. The zero-order valence-corrected chi connectivity index (χ0v) is 15.9. The van der Waals surface area contributed by atoms with Gasteiger partial charge in [-0.15, -0.1) is 0 Å². The lowest BCUT2D eigenvalue weighted by Gasteiger charge is -2.32. The topological polar surface area (TPSA) is 71.3 Å². The molecule has 0 saturated carbocycles. The Morgan fingerprint density at radius 1 is 1.23 bits per heavy atom. The van der Waals surface area contributed by atoms with Crippen molar-refractivity contribution >= 4 is 17.3 Å². The van der Waals surface area contributed by atoms with Crippen LogP contribution in [0.4, 0.5) is 0 Å². The third kappa shape index (κ3) is 3.29. The molecule has 2 aromatic rings. The van der Waals surface area contributed by atoms with Gasteiger partial charge in [-0.2, -0.15) is 0 Å². The summed E-state index contributed by atoms with van der Waals surface area (Å²) in [5.41, 5.74) is 6.51. The van der Waals surface area contributed by atoms with Gasteiger partial charge in [-0.05, 0) is 66.4 Å². The summed E-state index contributed by atoms with van der Waals surface area (Å²) in [5, 5.41) is 11.4. The van der Waals surface area contributed by atoms with E-state index in [1.165, 1.54) is 5.57 Å². The number of rotatable bonds is 7. The van der Waals surface area contributed by atoms with Crippen molar-refractivity contribution in [2.45, 2.75) is 40.0 Å². The van der Waals surface area contributed by atoms with Gasteiger partial charge in [0.15, 0.2) is 6.29 Å². The molecule has 6 heteroatoms. The Hall–Kier alpha value is -2.47. The van der Waals surface area contributed by atoms with Gasteiger partial charge in [-0.25, -0.2) is 4.63 Å². The van der Waals surface area contributed by atoms with Crippen LogP contribution in [0.15, 0.2) is 45.4 Å². The highest BCUT2D eigenvalue weighted by Crippen LogP contribution is 2.41. The molecule has 26 heavy (non-hydrogen) atoms. The van der Waals surface area contributed by atoms with Crippen molar-refractivity contribution in [2.75, 3.05) is 19.6 Å². The SMILES string of the molecule is CCN(CC)CCC1=C(C=O)NC(C)=C(C)C1c1cccc2nonc12. The van der Waals surface area contributed by atoms with Gasteiger partial charge in [-0.3, -0.25) is 4.79 Å². The third-order valence-electron chi connectivity index (χ3n) is 5.38. The van der Waals surface area contributed by atoms with Crippen molar-refractivity contribution in [3.05, 3.63) is 46.3 Å². The molecule has 6 nitrogen and oxygen atoms in total. The van der Waals surface area contributed by atoms with Crippen LogP contribution in [-0.4, -0.2) is 41.1 Å². The summed E-state index contributed by atoms with van der Waals surface area (Å²) in [6, 6.07) is 5.91. The molecule has 0 amide bonds. The Bertz CT molecular complexity index is 862. The van der Waals surface area contributed by atoms with Gasteiger partial charge in [-0.1, -0.05) is 26.0 Å². The lowest BCUT2D eigenvalue weighted by Crippen LogP contribution is -2.29. The zero-order chi connectivity index (χ0) is 18.7. The number of carbonyl (C=O) groups is 1. The number of allylic oxidation sites excluding steroid dienone is 3. The number of carbonyl (C=O) groups excluding carboxylic acids is 1. The predicted octanol–water partition coefficient (Wildman–Crippen LogP) is 3.39. The Morgan fingerprint density at radius 3 is 2.69 bits per heavy atom. The Labute approximate surface area is 153 Å². The molecule has 0 spiro atoms. The standard InChI is InChI=1S/C20H26N4O2/c1-5-24(6-2)11-10-15-18(12-25)21-14(4)13(3)19(15)16-8-7-9-17-20(16)23-26-22-17/h7-9,12,19,21H,5-6,10-11H2,1-4H3. The van der Waals surface area contributed by atoms with Crippen molar-refractivity contribution in [3.63, 3.8) is 0 Å². The van der Waals surface area contributed by atoms with E-state index in [9.17, 15) is 4.79 Å². The molecular weight excluding hydrogens is 328 g/mol. The number of aldehydes is 1. The highest BCUT2D eigenvalue weighted by Gasteiger charge is 2.30. The van der Waals surface area contributed by atoms with E-state index in [1.54, 1.807) is 0 Å². The molecule has 0 bridgehead atoms. The van der Waals surface area contributed by atoms with Gasteiger partial charge >= 0.3 is 0 Å². The van der Waals surface area contributed by atoms with Gasteiger partial charge in [0.2, 0.25) is 0 Å². The molecule has 138 valence electrons. The second-order valence-corrected chi connectivity index (χ2v) is 6.68. The fraction of sp³-hybridized carbons (Fsp3) is 0.450. The number of nitrogens with one attached hydrogen (secondary N) is 1. The number of dihydropyridines is 1. The van der Waals surface area contributed by atoms with Crippen molar-refractivity contribution in [2.24, 2.45) is 0 Å². The summed E-state index contributed by atoms with van der Waals surface area (Å²) < 4.78 is 4.95. The summed E-state index contributed by atoms with van der Waals surface area (Å²) in [4.78, 5) is 14.2. The lowest BCUT2D eigenvalue weighted by molar-refractivity contribution is -0.105. The van der Waals surface area contributed by atoms with Gasteiger partial charge in [0, 0.05) is 18.2 Å². The van der Waals surface area contributed by atoms with Gasteiger partial charge in [0.05, 0.1) is 5.70 Å². The predicted molar refractivity (Wildman–Crippen MR) is 102 cm³/mol.